The average Bonchev–Trinajstić information content (AvgIpc) is 2.60. The van der Waals surface area contributed by atoms with Crippen molar-refractivity contribution in [3.63, 3.8) is 0 Å². The number of hydrogen-bond donors (Lipinski definition) is 1. The normalized spacial score (nSPS) is 24.0. The molecular weight excluding hydrogens is 228 g/mol. The number of hydrogen-bond acceptors (Lipinski definition) is 3. The van der Waals surface area contributed by atoms with Crippen LogP contribution in [0.15, 0.2) is 4.40 Å². The van der Waals surface area contributed by atoms with Crippen molar-refractivity contribution in [1.29, 1.82) is 0 Å². The van der Waals surface area contributed by atoms with Crippen molar-refractivity contribution in [3.8, 4) is 0 Å². The summed E-state index contributed by atoms with van der Waals surface area (Å²) in [6, 6.07) is -0.219. The quantitative estimate of drug-likeness (QED) is 0.594. The molecule has 0 radical (unpaired) electrons. The topological polar surface area (TPSA) is 76.0 Å². The second-order valence-electron chi connectivity index (χ2n) is 4.80. The molecule has 2 atom stereocenters. The molecule has 1 unspecified atom stereocenters. The van der Waals surface area contributed by atoms with Crippen LogP contribution >= 0.6 is 0 Å². The van der Waals surface area contributed by atoms with Gasteiger partial charge >= 0.3 is 6.09 Å². The molecule has 0 saturated carbocycles. The largest absolute Gasteiger partial charge is 0.591 e. The maximum Gasteiger partial charge on any atom is 0.407 e. The molecule has 1 aliphatic heterocycles. The number of carboxylic acid groups (broad SMARTS) is 1. The summed E-state index contributed by atoms with van der Waals surface area (Å²) < 4.78 is 15.2. The van der Waals surface area contributed by atoms with Crippen LogP contribution in [0.5, 0.6) is 0 Å². The van der Waals surface area contributed by atoms with Gasteiger partial charge in [0, 0.05) is 6.54 Å². The van der Waals surface area contributed by atoms with Gasteiger partial charge in [0.2, 0.25) is 0 Å². The Hall–Kier alpha value is -0.750. The van der Waals surface area contributed by atoms with E-state index < -0.39 is 22.2 Å². The monoisotopic (exact) mass is 246 g/mol. The van der Waals surface area contributed by atoms with E-state index in [1.807, 2.05) is 20.8 Å². The zero-order chi connectivity index (χ0) is 12.3. The van der Waals surface area contributed by atoms with Crippen LogP contribution in [0.1, 0.15) is 33.6 Å². The number of rotatable bonds is 2. The molecule has 6 heteroatoms. The van der Waals surface area contributed by atoms with Crippen LogP contribution in [0.3, 0.4) is 0 Å². The first kappa shape index (κ1) is 13.3. The summed E-state index contributed by atoms with van der Waals surface area (Å²) in [4.78, 5) is 12.2. The summed E-state index contributed by atoms with van der Waals surface area (Å²) >= 11 is -1.31. The molecule has 1 rings (SSSR count). The Bertz CT molecular complexity index is 288. The number of likely N-dealkylation sites (tertiary alicyclic amines) is 1. The van der Waals surface area contributed by atoms with Crippen molar-refractivity contribution in [2.24, 2.45) is 4.40 Å². The summed E-state index contributed by atoms with van der Waals surface area (Å²) in [6.07, 6.45) is 2.18. The molecule has 0 aliphatic carbocycles. The molecule has 1 aliphatic rings. The summed E-state index contributed by atoms with van der Waals surface area (Å²) in [5.41, 5.74) is 0. The molecule has 0 bridgehead atoms. The fraction of sp³-hybridized carbons (Fsp3) is 0.800. The highest BCUT2D eigenvalue weighted by molar-refractivity contribution is 7.91. The third-order valence-corrected chi connectivity index (χ3v) is 3.76. The number of amides is 1. The van der Waals surface area contributed by atoms with Gasteiger partial charge in [-0.25, -0.2) is 4.79 Å². The maximum absolute atomic E-state index is 11.6. The summed E-state index contributed by atoms with van der Waals surface area (Å²) in [5.74, 6) is 0. The lowest BCUT2D eigenvalue weighted by atomic mass is 10.2. The fourth-order valence-electron chi connectivity index (χ4n) is 1.47. The van der Waals surface area contributed by atoms with Gasteiger partial charge < -0.3 is 14.6 Å². The van der Waals surface area contributed by atoms with E-state index in [9.17, 15) is 9.35 Å². The van der Waals surface area contributed by atoms with E-state index in [0.717, 1.165) is 12.8 Å². The molecule has 0 aromatic rings. The zero-order valence-electron chi connectivity index (χ0n) is 9.84. The molecule has 1 fully saturated rings. The lowest BCUT2D eigenvalue weighted by Gasteiger charge is -2.20. The minimum absolute atomic E-state index is 0.219. The number of carbonyl (C=O) groups is 1. The molecule has 5 nitrogen and oxygen atoms in total. The predicted molar refractivity (Wildman–Crippen MR) is 64.1 cm³/mol. The average molecular weight is 246 g/mol. The molecular formula is C10H18N2O3S. The predicted octanol–water partition coefficient (Wildman–Crippen LogP) is 1.66. The van der Waals surface area contributed by atoms with E-state index in [0.29, 0.717) is 6.54 Å². The van der Waals surface area contributed by atoms with Gasteiger partial charge in [-0.2, -0.15) is 0 Å². The molecule has 1 saturated heterocycles. The van der Waals surface area contributed by atoms with Crippen molar-refractivity contribution < 1.29 is 14.5 Å². The van der Waals surface area contributed by atoms with E-state index in [4.69, 9.17) is 5.11 Å². The zero-order valence-corrected chi connectivity index (χ0v) is 10.7. The van der Waals surface area contributed by atoms with Gasteiger partial charge in [-0.15, -0.1) is 0 Å². The molecule has 1 N–H and O–H groups in total. The van der Waals surface area contributed by atoms with Gasteiger partial charge in [0.15, 0.2) is 0 Å². The minimum atomic E-state index is -1.31. The highest BCUT2D eigenvalue weighted by Crippen LogP contribution is 2.19. The first-order chi connectivity index (χ1) is 7.32. The van der Waals surface area contributed by atoms with E-state index >= 15 is 0 Å². The van der Waals surface area contributed by atoms with Crippen LogP contribution in [0.25, 0.3) is 0 Å². The highest BCUT2D eigenvalue weighted by atomic mass is 32.2. The Morgan fingerprint density at radius 2 is 2.25 bits per heavy atom. The summed E-state index contributed by atoms with van der Waals surface area (Å²) in [5, 5.41) is 8.90. The Kier molecular flexibility index (Phi) is 4.21. The highest BCUT2D eigenvalue weighted by Gasteiger charge is 2.30. The Labute approximate surface area is 98.9 Å². The SMILES string of the molecule is CC(C)(C)[S+]([O-])/N=C/[C@@H]1CCCN1C(=O)O. The first-order valence-electron chi connectivity index (χ1n) is 5.28. The second kappa shape index (κ2) is 5.05. The minimum Gasteiger partial charge on any atom is -0.591 e. The van der Waals surface area contributed by atoms with Gasteiger partial charge in [-0.05, 0) is 33.6 Å². The van der Waals surface area contributed by atoms with Crippen LogP contribution in [0.2, 0.25) is 0 Å². The second-order valence-corrected chi connectivity index (χ2v) is 6.74. The van der Waals surface area contributed by atoms with Gasteiger partial charge in [-0.1, -0.05) is 4.40 Å². The van der Waals surface area contributed by atoms with Crippen LogP contribution in [0, 0.1) is 0 Å². The van der Waals surface area contributed by atoms with Crippen LogP contribution in [-0.4, -0.2) is 44.2 Å². The van der Waals surface area contributed by atoms with Crippen LogP contribution in [0.4, 0.5) is 4.79 Å². The fourth-order valence-corrected chi connectivity index (χ4v) is 2.04. The van der Waals surface area contributed by atoms with Crippen molar-refractivity contribution in [2.75, 3.05) is 6.54 Å². The molecule has 0 aromatic carbocycles. The van der Waals surface area contributed by atoms with E-state index in [1.165, 1.54) is 11.1 Å². The Morgan fingerprint density at radius 3 is 2.75 bits per heavy atom. The maximum atomic E-state index is 11.6. The Balaban J connectivity index is 2.60. The van der Waals surface area contributed by atoms with Gasteiger partial charge in [0.25, 0.3) is 0 Å². The lowest BCUT2D eigenvalue weighted by molar-refractivity contribution is 0.150. The molecule has 0 spiro atoms. The van der Waals surface area contributed by atoms with Crippen molar-refractivity contribution in [3.05, 3.63) is 0 Å². The number of nitrogens with zero attached hydrogens (tertiary/aromatic N) is 2. The Morgan fingerprint density at radius 1 is 1.62 bits per heavy atom. The molecule has 1 heterocycles. The van der Waals surface area contributed by atoms with E-state index in [2.05, 4.69) is 4.40 Å². The van der Waals surface area contributed by atoms with Crippen molar-refractivity contribution in [2.45, 2.75) is 44.4 Å². The van der Waals surface area contributed by atoms with Crippen LogP contribution < -0.4 is 0 Å². The molecule has 92 valence electrons. The third-order valence-electron chi connectivity index (χ3n) is 2.40. The van der Waals surface area contributed by atoms with Crippen molar-refractivity contribution >= 4 is 23.7 Å². The summed E-state index contributed by atoms with van der Waals surface area (Å²) in [6.45, 7) is 6.05. The van der Waals surface area contributed by atoms with Gasteiger partial charge in [-0.3, -0.25) is 0 Å². The third kappa shape index (κ3) is 3.38. The van der Waals surface area contributed by atoms with Gasteiger partial charge in [0.05, 0.1) is 12.3 Å². The van der Waals surface area contributed by atoms with E-state index in [-0.39, 0.29) is 6.04 Å². The molecule has 0 aromatic heterocycles. The lowest BCUT2D eigenvalue weighted by Crippen LogP contribution is -2.36. The summed E-state index contributed by atoms with van der Waals surface area (Å²) in [7, 11) is 0. The van der Waals surface area contributed by atoms with Crippen LogP contribution in [-0.2, 0) is 11.4 Å². The van der Waals surface area contributed by atoms with E-state index in [1.54, 1.807) is 0 Å². The first-order valence-corrected chi connectivity index (χ1v) is 6.39. The molecule has 1 amide bonds. The molecule has 16 heavy (non-hydrogen) atoms. The van der Waals surface area contributed by atoms with Gasteiger partial charge in [0.1, 0.15) is 16.1 Å². The van der Waals surface area contributed by atoms with Crippen molar-refractivity contribution in [1.82, 2.24) is 4.90 Å². The standard InChI is InChI=1S/C10H18N2O3S/c1-10(2,3)16(15)11-7-8-5-4-6-12(8)9(13)14/h7-8H,4-6H2,1-3H3,(H,13,14)/b11-7+/t8-,16?/m0/s1. The smallest absolute Gasteiger partial charge is 0.407 e.